The van der Waals surface area contributed by atoms with E-state index in [4.69, 9.17) is 9.47 Å². The van der Waals surface area contributed by atoms with E-state index in [-0.39, 0.29) is 36.1 Å². The fraction of sp³-hybridized carbons (Fsp3) is 0.545. The van der Waals surface area contributed by atoms with Crippen LogP contribution < -0.4 is 25.4 Å². The van der Waals surface area contributed by atoms with E-state index in [1.165, 1.54) is 6.42 Å². The molecule has 1 aliphatic heterocycles. The van der Waals surface area contributed by atoms with Crippen LogP contribution in [-0.4, -0.2) is 69.1 Å². The minimum atomic E-state index is -0.524. The Morgan fingerprint density at radius 3 is 2.57 bits per heavy atom. The number of nitrogens with one attached hydrogen (secondary N) is 3. The first-order valence-corrected chi connectivity index (χ1v) is 15.3. The molecule has 42 heavy (non-hydrogen) atoms. The van der Waals surface area contributed by atoms with Crippen LogP contribution in [0.3, 0.4) is 0 Å². The average Bonchev–Trinajstić information content (AvgIpc) is 3.04. The third-order valence-corrected chi connectivity index (χ3v) is 8.50. The summed E-state index contributed by atoms with van der Waals surface area (Å²) in [6.45, 7) is 4.56. The molecule has 3 N–H and O–H groups in total. The third kappa shape index (κ3) is 8.25. The van der Waals surface area contributed by atoms with Gasteiger partial charge in [0.25, 0.3) is 5.91 Å². The fourth-order valence-corrected chi connectivity index (χ4v) is 6.17. The highest BCUT2D eigenvalue weighted by atomic mass is 16.5. The van der Waals surface area contributed by atoms with Crippen molar-refractivity contribution in [3.05, 3.63) is 59.2 Å². The van der Waals surface area contributed by atoms with E-state index in [2.05, 4.69) is 16.0 Å². The molecule has 2 aromatic rings. The number of amides is 3. The molecule has 9 heteroatoms. The first-order valence-electron chi connectivity index (χ1n) is 15.3. The van der Waals surface area contributed by atoms with Crippen LogP contribution in [0.4, 0.5) is 0 Å². The molecule has 1 saturated carbocycles. The van der Waals surface area contributed by atoms with Gasteiger partial charge in [-0.15, -0.1) is 0 Å². The molecular formula is C33H46N4O5. The molecule has 2 fully saturated rings. The topological polar surface area (TPSA) is 109 Å². The largest absolute Gasteiger partial charge is 0.497 e. The minimum Gasteiger partial charge on any atom is -0.497 e. The van der Waals surface area contributed by atoms with Gasteiger partial charge in [0, 0.05) is 49.8 Å². The number of ether oxygens (including phenoxy) is 2. The monoisotopic (exact) mass is 578 g/mol. The maximum Gasteiger partial charge on any atom is 0.251 e. The van der Waals surface area contributed by atoms with Gasteiger partial charge in [0.05, 0.1) is 20.3 Å². The van der Waals surface area contributed by atoms with Crippen LogP contribution in [0.15, 0.2) is 42.5 Å². The van der Waals surface area contributed by atoms with Gasteiger partial charge in [-0.2, -0.15) is 0 Å². The first-order chi connectivity index (χ1) is 20.4. The molecule has 1 heterocycles. The van der Waals surface area contributed by atoms with Crippen LogP contribution in [0.5, 0.6) is 11.5 Å². The van der Waals surface area contributed by atoms with E-state index in [0.29, 0.717) is 25.3 Å². The Balaban J connectivity index is 1.34. The standard InChI is InChI=1S/C33H46N4O5/c1-4-42-29-19-28(41-3)16-15-26(29)20-35-21-30(38)37-17-9-14-27(22-37)24-12-8-13-25(18-24)32(39)36-31(33(40)34-2)23-10-6-5-7-11-23/h8,12-13,15-16,18-19,23,27,31,35H,4-7,9-11,14,17,20-22H2,1-3H3,(H,34,40)(H,36,39)/t27-,31-/m1/s1. The Hall–Kier alpha value is -3.59. The maximum absolute atomic E-state index is 13.3. The Bertz CT molecular complexity index is 1210. The van der Waals surface area contributed by atoms with Crippen molar-refractivity contribution in [1.29, 1.82) is 0 Å². The number of likely N-dealkylation sites (tertiary alicyclic amines) is 1. The molecule has 2 atom stereocenters. The number of carbonyl (C=O) groups excluding carboxylic acids is 3. The van der Waals surface area contributed by atoms with Gasteiger partial charge in [-0.05, 0) is 62.3 Å². The van der Waals surface area contributed by atoms with Crippen molar-refractivity contribution in [2.45, 2.75) is 70.4 Å². The molecule has 0 radical (unpaired) electrons. The van der Waals surface area contributed by atoms with Crippen LogP contribution in [-0.2, 0) is 16.1 Å². The molecule has 0 spiro atoms. The Morgan fingerprint density at radius 2 is 1.83 bits per heavy atom. The fourth-order valence-electron chi connectivity index (χ4n) is 6.17. The molecule has 9 nitrogen and oxygen atoms in total. The lowest BCUT2D eigenvalue weighted by Gasteiger charge is -2.33. The number of likely N-dealkylation sites (N-methyl/N-ethyl adjacent to an activating group) is 1. The Labute approximate surface area is 249 Å². The molecule has 3 amide bonds. The van der Waals surface area contributed by atoms with Crippen molar-refractivity contribution in [2.75, 3.05) is 40.4 Å². The van der Waals surface area contributed by atoms with Crippen molar-refractivity contribution in [3.8, 4) is 11.5 Å². The van der Waals surface area contributed by atoms with E-state index in [1.807, 2.05) is 48.2 Å². The summed E-state index contributed by atoms with van der Waals surface area (Å²) in [5, 5.41) is 9.03. The molecule has 228 valence electrons. The SMILES string of the molecule is CCOc1cc(OC)ccc1CNCC(=O)N1CCC[C@@H](c2cccc(C(=O)N[C@@H](C(=O)NC)C3CCCCC3)c2)C1. The third-order valence-electron chi connectivity index (χ3n) is 8.50. The minimum absolute atomic E-state index is 0.0565. The first kappa shape index (κ1) is 31.3. The summed E-state index contributed by atoms with van der Waals surface area (Å²) < 4.78 is 11.1. The zero-order chi connectivity index (χ0) is 29.9. The van der Waals surface area contributed by atoms with Crippen molar-refractivity contribution >= 4 is 17.7 Å². The Morgan fingerprint density at radius 1 is 1.02 bits per heavy atom. The van der Waals surface area contributed by atoms with Gasteiger partial charge < -0.3 is 30.3 Å². The Kier molecular flexibility index (Phi) is 11.6. The summed E-state index contributed by atoms with van der Waals surface area (Å²) in [5.41, 5.74) is 2.56. The second-order valence-corrected chi connectivity index (χ2v) is 11.3. The number of nitrogens with zero attached hydrogens (tertiary/aromatic N) is 1. The zero-order valence-electron chi connectivity index (χ0n) is 25.2. The van der Waals surface area contributed by atoms with E-state index in [1.54, 1.807) is 20.2 Å². The van der Waals surface area contributed by atoms with Crippen LogP contribution >= 0.6 is 0 Å². The van der Waals surface area contributed by atoms with Crippen LogP contribution in [0.1, 0.15) is 79.3 Å². The molecular weight excluding hydrogens is 532 g/mol. The molecule has 2 aliphatic rings. The van der Waals surface area contributed by atoms with Crippen LogP contribution in [0, 0.1) is 5.92 Å². The number of carbonyl (C=O) groups is 3. The zero-order valence-corrected chi connectivity index (χ0v) is 25.2. The summed E-state index contributed by atoms with van der Waals surface area (Å²) >= 11 is 0. The van der Waals surface area contributed by atoms with E-state index in [0.717, 1.165) is 67.7 Å². The number of rotatable bonds is 12. The average molecular weight is 579 g/mol. The number of benzene rings is 2. The van der Waals surface area contributed by atoms with E-state index in [9.17, 15) is 14.4 Å². The van der Waals surface area contributed by atoms with Crippen molar-refractivity contribution in [2.24, 2.45) is 5.92 Å². The lowest BCUT2D eigenvalue weighted by molar-refractivity contribution is -0.131. The lowest BCUT2D eigenvalue weighted by Crippen LogP contribution is -2.50. The van der Waals surface area contributed by atoms with Crippen molar-refractivity contribution in [1.82, 2.24) is 20.9 Å². The molecule has 2 aromatic carbocycles. The predicted octanol–water partition coefficient (Wildman–Crippen LogP) is 4.01. The van der Waals surface area contributed by atoms with Gasteiger partial charge >= 0.3 is 0 Å². The lowest BCUT2D eigenvalue weighted by atomic mass is 9.83. The van der Waals surface area contributed by atoms with Crippen molar-refractivity contribution in [3.63, 3.8) is 0 Å². The number of piperidine rings is 1. The van der Waals surface area contributed by atoms with Gasteiger partial charge in [0.15, 0.2) is 0 Å². The highest BCUT2D eigenvalue weighted by Gasteiger charge is 2.31. The number of hydrogen-bond acceptors (Lipinski definition) is 6. The molecule has 0 aromatic heterocycles. The maximum atomic E-state index is 13.3. The van der Waals surface area contributed by atoms with Crippen LogP contribution in [0.2, 0.25) is 0 Å². The second-order valence-electron chi connectivity index (χ2n) is 11.3. The smallest absolute Gasteiger partial charge is 0.251 e. The summed E-state index contributed by atoms with van der Waals surface area (Å²) in [4.78, 5) is 41.0. The summed E-state index contributed by atoms with van der Waals surface area (Å²) in [5.74, 6) is 1.48. The van der Waals surface area contributed by atoms with E-state index >= 15 is 0 Å². The molecule has 4 rings (SSSR count). The summed E-state index contributed by atoms with van der Waals surface area (Å²) in [6.07, 6.45) is 7.12. The van der Waals surface area contributed by atoms with Gasteiger partial charge in [-0.25, -0.2) is 0 Å². The molecule has 1 aliphatic carbocycles. The second kappa shape index (κ2) is 15.6. The summed E-state index contributed by atoms with van der Waals surface area (Å²) in [6, 6.07) is 12.8. The number of methoxy groups -OCH3 is 1. The van der Waals surface area contributed by atoms with Crippen LogP contribution in [0.25, 0.3) is 0 Å². The summed E-state index contributed by atoms with van der Waals surface area (Å²) in [7, 11) is 3.24. The highest BCUT2D eigenvalue weighted by molar-refractivity contribution is 5.97. The van der Waals surface area contributed by atoms with Gasteiger partial charge in [0.2, 0.25) is 11.8 Å². The molecule has 0 bridgehead atoms. The number of hydrogen-bond donors (Lipinski definition) is 3. The molecule has 0 unspecified atom stereocenters. The highest BCUT2D eigenvalue weighted by Crippen LogP contribution is 2.29. The van der Waals surface area contributed by atoms with Gasteiger partial charge in [-0.3, -0.25) is 14.4 Å². The normalized spacial score (nSPS) is 18.2. The predicted molar refractivity (Wildman–Crippen MR) is 163 cm³/mol. The van der Waals surface area contributed by atoms with Gasteiger partial charge in [-0.1, -0.05) is 37.5 Å². The van der Waals surface area contributed by atoms with Crippen molar-refractivity contribution < 1.29 is 23.9 Å². The van der Waals surface area contributed by atoms with Gasteiger partial charge in [0.1, 0.15) is 17.5 Å². The molecule has 1 saturated heterocycles. The van der Waals surface area contributed by atoms with E-state index < -0.39 is 6.04 Å². The quantitative estimate of drug-likeness (QED) is 0.351.